The van der Waals surface area contributed by atoms with Gasteiger partial charge in [-0.1, -0.05) is 28.1 Å². The topological polar surface area (TPSA) is 96.7 Å². The number of carboxylic acids is 1. The van der Waals surface area contributed by atoms with Crippen LogP contribution in [0.4, 0.5) is 0 Å². The fraction of sp³-hybridized carbons (Fsp3) is 0.400. The molecule has 0 aliphatic carbocycles. The molecule has 1 aliphatic rings. The van der Waals surface area contributed by atoms with Gasteiger partial charge in [0.15, 0.2) is 0 Å². The average Bonchev–Trinajstić information content (AvgIpc) is 2.98. The lowest BCUT2D eigenvalue weighted by molar-refractivity contribution is 0.0690. The van der Waals surface area contributed by atoms with Gasteiger partial charge in [-0.05, 0) is 51.0 Å². The number of carbonyl (C=O) groups is 1. The number of aliphatic hydroxyl groups is 1. The molecule has 1 aromatic carbocycles. The molecule has 0 saturated carbocycles. The lowest BCUT2D eigenvalue weighted by atomic mass is 9.96. The van der Waals surface area contributed by atoms with Crippen LogP contribution in [0.2, 0.25) is 0 Å². The predicted octanol–water partition coefficient (Wildman–Crippen LogP) is 3.91. The fourth-order valence-corrected chi connectivity index (χ4v) is 5.24. The molecule has 2 aromatic rings. The summed E-state index contributed by atoms with van der Waals surface area (Å²) in [6, 6.07) is 8.76. The third-order valence-electron chi connectivity index (χ3n) is 4.61. The monoisotopic (exact) mass is 466 g/mol. The van der Waals surface area contributed by atoms with Crippen LogP contribution in [0.25, 0.3) is 11.3 Å². The van der Waals surface area contributed by atoms with Gasteiger partial charge in [-0.25, -0.2) is 9.78 Å². The summed E-state index contributed by atoms with van der Waals surface area (Å²) in [4.78, 5) is 16.1. The van der Waals surface area contributed by atoms with Gasteiger partial charge in [-0.3, -0.25) is 0 Å². The SMILES string of the molecule is CC(C)(C)[S+]([O-])N1Cc2cc(C(=O)O)nc(-c3cccc(Br)c3)c2[C@H]1CCO. The molecule has 28 heavy (non-hydrogen) atoms. The van der Waals surface area contributed by atoms with Gasteiger partial charge in [0.25, 0.3) is 0 Å². The molecular weight excluding hydrogens is 444 g/mol. The first-order valence-corrected chi connectivity index (χ1v) is 10.9. The van der Waals surface area contributed by atoms with E-state index in [4.69, 9.17) is 0 Å². The Hall–Kier alpha value is -1.45. The molecule has 2 atom stereocenters. The summed E-state index contributed by atoms with van der Waals surface area (Å²) in [6.45, 7) is 5.99. The van der Waals surface area contributed by atoms with Crippen molar-refractivity contribution in [1.29, 1.82) is 0 Å². The van der Waals surface area contributed by atoms with Crippen LogP contribution < -0.4 is 0 Å². The number of fused-ring (bicyclic) bond motifs is 1. The number of rotatable bonds is 5. The van der Waals surface area contributed by atoms with Crippen molar-refractivity contribution >= 4 is 33.3 Å². The molecule has 2 heterocycles. The lowest BCUT2D eigenvalue weighted by Crippen LogP contribution is -2.42. The van der Waals surface area contributed by atoms with Gasteiger partial charge >= 0.3 is 5.97 Å². The molecule has 3 rings (SSSR count). The second-order valence-corrected chi connectivity index (χ2v) is 10.8. The van der Waals surface area contributed by atoms with Crippen molar-refractivity contribution in [3.63, 3.8) is 0 Å². The second kappa shape index (κ2) is 8.12. The summed E-state index contributed by atoms with van der Waals surface area (Å²) in [5, 5.41) is 19.2. The standard InChI is InChI=1S/C20H23BrN2O4S/c1-20(2,3)28(27)23-11-13-10-15(19(25)26)22-18(17(13)16(23)7-8-24)12-5-4-6-14(21)9-12/h4-6,9-10,16,24H,7-8,11H2,1-3H3,(H,25,26)/t16-,28?/m1/s1. The van der Waals surface area contributed by atoms with Gasteiger partial charge in [0.05, 0.1) is 18.3 Å². The summed E-state index contributed by atoms with van der Waals surface area (Å²) in [5.74, 6) is -1.10. The minimum Gasteiger partial charge on any atom is -0.597 e. The molecular formula is C20H23BrN2O4S. The fourth-order valence-electron chi connectivity index (χ4n) is 3.43. The summed E-state index contributed by atoms with van der Waals surface area (Å²) in [5.41, 5.74) is 2.93. The Morgan fingerprint density at radius 3 is 2.68 bits per heavy atom. The molecule has 0 radical (unpaired) electrons. The number of aromatic nitrogens is 1. The van der Waals surface area contributed by atoms with Crippen LogP contribution in [0.5, 0.6) is 0 Å². The van der Waals surface area contributed by atoms with Crippen molar-refractivity contribution < 1.29 is 19.6 Å². The van der Waals surface area contributed by atoms with E-state index in [9.17, 15) is 19.6 Å². The predicted molar refractivity (Wildman–Crippen MR) is 112 cm³/mol. The van der Waals surface area contributed by atoms with Gasteiger partial charge in [-0.15, -0.1) is 4.31 Å². The lowest BCUT2D eigenvalue weighted by Gasteiger charge is -2.33. The molecule has 150 valence electrons. The number of nitrogens with zero attached hydrogens (tertiary/aromatic N) is 2. The zero-order chi connectivity index (χ0) is 20.6. The minimum atomic E-state index is -1.32. The molecule has 0 fully saturated rings. The maximum Gasteiger partial charge on any atom is 0.354 e. The highest BCUT2D eigenvalue weighted by Gasteiger charge is 2.44. The van der Waals surface area contributed by atoms with Crippen LogP contribution in [0.1, 0.15) is 54.8 Å². The van der Waals surface area contributed by atoms with Crippen molar-refractivity contribution in [3.8, 4) is 11.3 Å². The number of pyridine rings is 1. The highest BCUT2D eigenvalue weighted by molar-refractivity contribution is 9.10. The molecule has 1 aliphatic heterocycles. The van der Waals surface area contributed by atoms with Gasteiger partial charge < -0.3 is 14.8 Å². The average molecular weight is 467 g/mol. The Morgan fingerprint density at radius 2 is 2.11 bits per heavy atom. The maximum atomic E-state index is 13.2. The van der Waals surface area contributed by atoms with Crippen LogP contribution in [-0.4, -0.2) is 41.4 Å². The number of benzene rings is 1. The highest BCUT2D eigenvalue weighted by atomic mass is 79.9. The van der Waals surface area contributed by atoms with Gasteiger partial charge in [0.2, 0.25) is 0 Å². The Kier molecular flexibility index (Phi) is 6.17. The Balaban J connectivity index is 2.21. The van der Waals surface area contributed by atoms with E-state index in [1.165, 1.54) is 0 Å². The van der Waals surface area contributed by atoms with Crippen molar-refractivity contribution in [1.82, 2.24) is 9.29 Å². The first kappa shape index (κ1) is 21.3. The number of hydrogen-bond donors (Lipinski definition) is 2. The maximum absolute atomic E-state index is 13.2. The van der Waals surface area contributed by atoms with E-state index >= 15 is 0 Å². The van der Waals surface area contributed by atoms with E-state index in [1.54, 1.807) is 6.07 Å². The summed E-state index contributed by atoms with van der Waals surface area (Å²) in [6.07, 6.45) is 0.393. The van der Waals surface area contributed by atoms with Crippen molar-refractivity contribution in [2.45, 2.75) is 44.5 Å². The molecule has 0 spiro atoms. The van der Waals surface area contributed by atoms with Gasteiger partial charge in [0.1, 0.15) is 10.4 Å². The molecule has 1 aromatic heterocycles. The molecule has 0 saturated heterocycles. The molecule has 0 amide bonds. The second-order valence-electron chi connectivity index (χ2n) is 7.71. The molecule has 2 N–H and O–H groups in total. The van der Waals surface area contributed by atoms with Crippen LogP contribution in [-0.2, 0) is 17.9 Å². The van der Waals surface area contributed by atoms with E-state index in [0.29, 0.717) is 18.7 Å². The van der Waals surface area contributed by atoms with Crippen LogP contribution in [0, 0.1) is 0 Å². The smallest absolute Gasteiger partial charge is 0.354 e. The van der Waals surface area contributed by atoms with E-state index in [1.807, 2.05) is 49.3 Å². The highest BCUT2D eigenvalue weighted by Crippen LogP contribution is 2.45. The summed E-state index contributed by atoms with van der Waals surface area (Å²) in [7, 11) is 0. The Labute approximate surface area is 176 Å². The molecule has 8 heteroatoms. The molecule has 6 nitrogen and oxygen atoms in total. The third kappa shape index (κ3) is 4.11. The first-order chi connectivity index (χ1) is 13.1. The number of hydrogen-bond acceptors (Lipinski definition) is 5. The zero-order valence-electron chi connectivity index (χ0n) is 16.0. The number of carboxylic acid groups (broad SMARTS) is 1. The first-order valence-electron chi connectivity index (χ1n) is 8.96. The molecule has 1 unspecified atom stereocenters. The van der Waals surface area contributed by atoms with Crippen LogP contribution >= 0.6 is 15.9 Å². The minimum absolute atomic E-state index is 0.0418. The Morgan fingerprint density at radius 1 is 1.39 bits per heavy atom. The number of aromatic carboxylic acids is 1. The summed E-state index contributed by atoms with van der Waals surface area (Å²) < 4.78 is 15.4. The van der Waals surface area contributed by atoms with E-state index in [0.717, 1.165) is 21.2 Å². The zero-order valence-corrected chi connectivity index (χ0v) is 18.4. The van der Waals surface area contributed by atoms with Gasteiger partial charge in [0, 0.05) is 33.6 Å². The van der Waals surface area contributed by atoms with Crippen LogP contribution in [0.15, 0.2) is 34.8 Å². The van der Waals surface area contributed by atoms with Crippen molar-refractivity contribution in [2.75, 3.05) is 6.61 Å². The largest absolute Gasteiger partial charge is 0.597 e. The van der Waals surface area contributed by atoms with E-state index < -0.39 is 22.1 Å². The summed E-state index contributed by atoms with van der Waals surface area (Å²) >= 11 is 2.13. The number of halogens is 1. The van der Waals surface area contributed by atoms with E-state index in [-0.39, 0.29) is 18.3 Å². The van der Waals surface area contributed by atoms with Crippen molar-refractivity contribution in [3.05, 3.63) is 51.6 Å². The number of aliphatic hydroxyl groups excluding tert-OH is 1. The Bertz CT molecular complexity index is 900. The quantitative estimate of drug-likeness (QED) is 0.648. The van der Waals surface area contributed by atoms with Crippen molar-refractivity contribution in [2.24, 2.45) is 0 Å². The normalized spacial score (nSPS) is 18.1. The van der Waals surface area contributed by atoms with E-state index in [2.05, 4.69) is 20.9 Å². The van der Waals surface area contributed by atoms with Gasteiger partial charge in [-0.2, -0.15) is 0 Å². The molecule has 0 bridgehead atoms. The van der Waals surface area contributed by atoms with Crippen LogP contribution in [0.3, 0.4) is 0 Å². The third-order valence-corrected chi connectivity index (χ3v) is 6.96.